The first kappa shape index (κ1) is 24.6. The van der Waals surface area contributed by atoms with E-state index >= 15 is 0 Å². The van der Waals surface area contributed by atoms with Gasteiger partial charge in [0, 0.05) is 10.9 Å². The molecule has 0 spiro atoms. The molecule has 0 bridgehead atoms. The molecule has 1 saturated heterocycles. The first-order valence-electron chi connectivity index (χ1n) is 11.4. The normalized spacial score (nSPS) is 23.3. The average Bonchev–Trinajstić information content (AvgIpc) is 3.12. The van der Waals surface area contributed by atoms with E-state index in [-0.39, 0.29) is 17.6 Å². The van der Waals surface area contributed by atoms with Crippen LogP contribution >= 0.6 is 34.2 Å². The lowest BCUT2D eigenvalue weighted by Crippen LogP contribution is -2.48. The van der Waals surface area contributed by atoms with Gasteiger partial charge in [0.1, 0.15) is 0 Å². The highest BCUT2D eigenvalue weighted by Gasteiger charge is 2.65. The summed E-state index contributed by atoms with van der Waals surface area (Å²) in [4.78, 5) is 29.9. The number of fused-ring (bicyclic) bond motifs is 1. The van der Waals surface area contributed by atoms with Gasteiger partial charge >= 0.3 is 0 Å². The molecule has 7 heteroatoms. The Bertz CT molecular complexity index is 1420. The van der Waals surface area contributed by atoms with Crippen LogP contribution in [0.3, 0.4) is 0 Å². The van der Waals surface area contributed by atoms with Gasteiger partial charge in [0.25, 0.3) is 0 Å². The Morgan fingerprint density at radius 3 is 2.56 bits per heavy atom. The highest BCUT2D eigenvalue weighted by molar-refractivity contribution is 14.1. The van der Waals surface area contributed by atoms with E-state index < -0.39 is 17.3 Å². The summed E-state index contributed by atoms with van der Waals surface area (Å²) in [5.74, 6) is -1.44. The number of carbonyl (C=O) groups is 2. The van der Waals surface area contributed by atoms with Gasteiger partial charge < -0.3 is 9.84 Å². The fourth-order valence-electron chi connectivity index (χ4n) is 5.67. The molecule has 182 valence electrons. The minimum atomic E-state index is -1.23. The molecule has 0 aromatic heterocycles. The van der Waals surface area contributed by atoms with Gasteiger partial charge in [-0.2, -0.15) is 0 Å². The SMILES string of the molecule is C=CC1=CCC2C(=O)N(c3cccc(Cl)c3)C(=O)C2(c2ccccc2)C1c1cc(I)c(O)c(OC)c1. The number of aromatic hydroxyl groups is 1. The van der Waals surface area contributed by atoms with Crippen LogP contribution in [0.2, 0.25) is 5.02 Å². The summed E-state index contributed by atoms with van der Waals surface area (Å²) in [6, 6.07) is 19.8. The Balaban J connectivity index is 1.83. The molecule has 3 aromatic carbocycles. The van der Waals surface area contributed by atoms with E-state index in [1.807, 2.05) is 65.1 Å². The van der Waals surface area contributed by atoms with Crippen molar-refractivity contribution in [3.8, 4) is 11.5 Å². The number of allylic oxidation sites excluding steroid dienone is 3. The molecule has 2 aliphatic rings. The number of amides is 2. The summed E-state index contributed by atoms with van der Waals surface area (Å²) >= 11 is 8.30. The molecule has 5 rings (SSSR count). The maximum atomic E-state index is 14.7. The van der Waals surface area contributed by atoms with E-state index in [0.29, 0.717) is 26.5 Å². The van der Waals surface area contributed by atoms with Crippen LogP contribution in [0.5, 0.6) is 11.5 Å². The summed E-state index contributed by atoms with van der Waals surface area (Å²) in [6.45, 7) is 4.04. The number of benzene rings is 3. The number of methoxy groups -OCH3 is 1. The molecule has 3 unspecified atom stereocenters. The van der Waals surface area contributed by atoms with Crippen LogP contribution in [0.15, 0.2) is 91.0 Å². The van der Waals surface area contributed by atoms with Crippen molar-refractivity contribution >= 4 is 51.7 Å². The second-order valence-electron chi connectivity index (χ2n) is 8.88. The molecule has 1 N–H and O–H groups in total. The minimum Gasteiger partial charge on any atom is -0.504 e. The maximum absolute atomic E-state index is 14.7. The summed E-state index contributed by atoms with van der Waals surface area (Å²) in [7, 11) is 1.49. The predicted octanol–water partition coefficient (Wildman–Crippen LogP) is 6.39. The molecular formula is C29H23ClINO4. The van der Waals surface area contributed by atoms with Crippen LogP contribution in [0.25, 0.3) is 0 Å². The van der Waals surface area contributed by atoms with E-state index in [4.69, 9.17) is 16.3 Å². The van der Waals surface area contributed by atoms with Gasteiger partial charge in [-0.05, 0) is 76.0 Å². The second-order valence-corrected chi connectivity index (χ2v) is 10.5. The van der Waals surface area contributed by atoms with Gasteiger partial charge in [-0.25, -0.2) is 4.90 Å². The molecular weight excluding hydrogens is 589 g/mol. The Kier molecular flexibility index (Phi) is 6.43. The van der Waals surface area contributed by atoms with Crippen molar-refractivity contribution in [2.75, 3.05) is 12.0 Å². The van der Waals surface area contributed by atoms with Crippen molar-refractivity contribution in [1.82, 2.24) is 0 Å². The summed E-state index contributed by atoms with van der Waals surface area (Å²) < 4.78 is 6.03. The number of phenolic OH excluding ortho intramolecular Hbond substituents is 1. The van der Waals surface area contributed by atoms with Gasteiger partial charge in [0.05, 0.1) is 27.7 Å². The third-order valence-corrected chi connectivity index (χ3v) is 8.22. The average molecular weight is 612 g/mol. The monoisotopic (exact) mass is 611 g/mol. The van der Waals surface area contributed by atoms with Crippen LogP contribution in [0, 0.1) is 9.49 Å². The van der Waals surface area contributed by atoms with Gasteiger partial charge in [0.2, 0.25) is 11.8 Å². The third-order valence-electron chi connectivity index (χ3n) is 7.16. The summed E-state index contributed by atoms with van der Waals surface area (Å²) in [5, 5.41) is 11.0. The van der Waals surface area contributed by atoms with Crippen molar-refractivity contribution < 1.29 is 19.4 Å². The van der Waals surface area contributed by atoms with Crippen LogP contribution in [0.1, 0.15) is 23.5 Å². The van der Waals surface area contributed by atoms with Crippen molar-refractivity contribution in [2.45, 2.75) is 17.8 Å². The van der Waals surface area contributed by atoms with E-state index in [1.54, 1.807) is 36.4 Å². The van der Waals surface area contributed by atoms with Crippen LogP contribution in [0.4, 0.5) is 5.69 Å². The van der Waals surface area contributed by atoms with Gasteiger partial charge in [-0.15, -0.1) is 0 Å². The molecule has 0 saturated carbocycles. The molecule has 3 atom stereocenters. The van der Waals surface area contributed by atoms with Crippen molar-refractivity contribution in [1.29, 1.82) is 0 Å². The third kappa shape index (κ3) is 3.58. The van der Waals surface area contributed by atoms with Crippen LogP contribution < -0.4 is 9.64 Å². The molecule has 0 radical (unpaired) electrons. The number of ether oxygens (including phenoxy) is 1. The Morgan fingerprint density at radius 2 is 1.89 bits per heavy atom. The zero-order valence-electron chi connectivity index (χ0n) is 19.4. The lowest BCUT2D eigenvalue weighted by molar-refractivity contribution is -0.123. The molecule has 1 heterocycles. The Hall–Kier alpha value is -3.10. The van der Waals surface area contributed by atoms with E-state index in [0.717, 1.165) is 16.7 Å². The highest BCUT2D eigenvalue weighted by Crippen LogP contribution is 2.58. The summed E-state index contributed by atoms with van der Waals surface area (Å²) in [6.07, 6.45) is 4.13. The van der Waals surface area contributed by atoms with E-state index in [1.165, 1.54) is 12.0 Å². The molecule has 1 aliphatic heterocycles. The molecule has 5 nitrogen and oxygen atoms in total. The number of halogens is 2. The smallest absolute Gasteiger partial charge is 0.246 e. The van der Waals surface area contributed by atoms with Crippen molar-refractivity contribution in [3.63, 3.8) is 0 Å². The number of phenols is 1. The number of rotatable bonds is 5. The largest absolute Gasteiger partial charge is 0.504 e. The number of imide groups is 1. The summed E-state index contributed by atoms with van der Waals surface area (Å²) in [5.41, 5.74) is 1.55. The van der Waals surface area contributed by atoms with Crippen LogP contribution in [-0.4, -0.2) is 24.0 Å². The number of hydrogen-bond acceptors (Lipinski definition) is 4. The Labute approximate surface area is 228 Å². The Morgan fingerprint density at radius 1 is 1.14 bits per heavy atom. The van der Waals surface area contributed by atoms with Gasteiger partial charge in [0.15, 0.2) is 11.5 Å². The number of nitrogens with zero attached hydrogens (tertiary/aromatic N) is 1. The fraction of sp³-hybridized carbons (Fsp3) is 0.172. The van der Waals surface area contributed by atoms with Crippen molar-refractivity contribution in [2.24, 2.45) is 5.92 Å². The minimum absolute atomic E-state index is 0.0292. The predicted molar refractivity (Wildman–Crippen MR) is 149 cm³/mol. The molecule has 1 fully saturated rings. The molecule has 1 aliphatic carbocycles. The fourth-order valence-corrected chi connectivity index (χ4v) is 6.48. The highest BCUT2D eigenvalue weighted by atomic mass is 127. The molecule has 3 aromatic rings. The first-order valence-corrected chi connectivity index (χ1v) is 12.9. The standard InChI is InChI=1S/C29H23ClINO4/c1-3-17-12-13-22-27(34)32(21-11-7-10-20(30)16-21)28(35)29(22,19-8-5-4-6-9-19)25(17)18-14-23(31)26(33)24(15-18)36-2/h3-12,14-16,22,25,33H,1,13H2,2H3. The van der Waals surface area contributed by atoms with Crippen molar-refractivity contribution in [3.05, 3.63) is 111 Å². The first-order chi connectivity index (χ1) is 17.3. The van der Waals surface area contributed by atoms with E-state index in [2.05, 4.69) is 6.58 Å². The lowest BCUT2D eigenvalue weighted by Gasteiger charge is -2.43. The lowest BCUT2D eigenvalue weighted by atomic mass is 9.56. The van der Waals surface area contributed by atoms with Gasteiger partial charge in [-0.3, -0.25) is 9.59 Å². The number of carbonyl (C=O) groups excluding carboxylic acids is 2. The van der Waals surface area contributed by atoms with Gasteiger partial charge in [-0.1, -0.05) is 66.7 Å². The second kappa shape index (κ2) is 9.41. The van der Waals surface area contributed by atoms with E-state index in [9.17, 15) is 14.7 Å². The quantitative estimate of drug-likeness (QED) is 0.268. The molecule has 2 amide bonds. The zero-order valence-corrected chi connectivity index (χ0v) is 22.4. The maximum Gasteiger partial charge on any atom is 0.246 e. The topological polar surface area (TPSA) is 66.8 Å². The van der Waals surface area contributed by atoms with Crippen LogP contribution in [-0.2, 0) is 15.0 Å². The molecule has 36 heavy (non-hydrogen) atoms. The number of anilines is 1. The number of hydrogen-bond donors (Lipinski definition) is 1. The zero-order chi connectivity index (χ0) is 25.6.